The maximum Gasteiger partial charge on any atom is 0.265 e. The topological polar surface area (TPSA) is 64.0 Å². The maximum absolute atomic E-state index is 13.6. The molecule has 1 saturated carbocycles. The van der Waals surface area contributed by atoms with E-state index in [4.69, 9.17) is 0 Å². The highest BCUT2D eigenvalue weighted by Crippen LogP contribution is 2.40. The van der Waals surface area contributed by atoms with Crippen LogP contribution in [0.5, 0.6) is 0 Å². The minimum atomic E-state index is -3.94. The Balaban J connectivity index is 1.92. The molecule has 0 unspecified atom stereocenters. The second kappa shape index (κ2) is 4.59. The SMILES string of the molecule is Cn1nc(C2CC2)cc1NS(=O)(=O)c1ccccc1F. The molecule has 2 aromatic rings. The van der Waals surface area contributed by atoms with Gasteiger partial charge in [-0.1, -0.05) is 12.1 Å². The standard InChI is InChI=1S/C13H14FN3O2S/c1-17-13(8-11(15-17)9-6-7-9)16-20(18,19)12-5-3-2-4-10(12)14/h2-5,8-9,16H,6-7H2,1H3. The molecule has 5 nitrogen and oxygen atoms in total. The van der Waals surface area contributed by atoms with Gasteiger partial charge in [0.2, 0.25) is 0 Å². The van der Waals surface area contributed by atoms with Crippen LogP contribution in [0.4, 0.5) is 10.2 Å². The van der Waals surface area contributed by atoms with Crippen LogP contribution >= 0.6 is 0 Å². The lowest BCUT2D eigenvalue weighted by Crippen LogP contribution is -2.16. The summed E-state index contributed by atoms with van der Waals surface area (Å²) >= 11 is 0. The van der Waals surface area contributed by atoms with Crippen LogP contribution in [0.1, 0.15) is 24.5 Å². The second-order valence-electron chi connectivity index (χ2n) is 4.89. The lowest BCUT2D eigenvalue weighted by atomic mass is 10.3. The number of benzene rings is 1. The van der Waals surface area contributed by atoms with Crippen LogP contribution in [-0.2, 0) is 17.1 Å². The molecular formula is C13H14FN3O2S. The van der Waals surface area contributed by atoms with E-state index < -0.39 is 15.8 Å². The normalized spacial score (nSPS) is 15.3. The van der Waals surface area contributed by atoms with E-state index in [1.807, 2.05) is 0 Å². The van der Waals surface area contributed by atoms with Crippen molar-refractivity contribution in [2.75, 3.05) is 4.72 Å². The fourth-order valence-corrected chi connectivity index (χ4v) is 3.18. The van der Waals surface area contributed by atoms with Gasteiger partial charge in [0.05, 0.1) is 5.69 Å². The van der Waals surface area contributed by atoms with Gasteiger partial charge in [-0.15, -0.1) is 0 Å². The molecule has 0 atom stereocenters. The molecule has 1 heterocycles. The third-order valence-electron chi connectivity index (χ3n) is 3.26. The minimum absolute atomic E-state index is 0.343. The van der Waals surface area contributed by atoms with Crippen molar-refractivity contribution in [1.82, 2.24) is 9.78 Å². The van der Waals surface area contributed by atoms with Gasteiger partial charge in [0, 0.05) is 19.0 Å². The van der Waals surface area contributed by atoms with Crippen LogP contribution < -0.4 is 4.72 Å². The summed E-state index contributed by atoms with van der Waals surface area (Å²) in [4.78, 5) is -0.367. The van der Waals surface area contributed by atoms with E-state index in [1.54, 1.807) is 13.1 Å². The molecule has 0 saturated heterocycles. The summed E-state index contributed by atoms with van der Waals surface area (Å²) in [5.41, 5.74) is 0.874. The molecule has 0 bridgehead atoms. The summed E-state index contributed by atoms with van der Waals surface area (Å²) in [6, 6.07) is 6.99. The van der Waals surface area contributed by atoms with Crippen molar-refractivity contribution in [1.29, 1.82) is 0 Å². The Hall–Kier alpha value is -1.89. The monoisotopic (exact) mass is 295 g/mol. The van der Waals surface area contributed by atoms with E-state index >= 15 is 0 Å². The largest absolute Gasteiger partial charge is 0.265 e. The van der Waals surface area contributed by atoms with Gasteiger partial charge < -0.3 is 0 Å². The average molecular weight is 295 g/mol. The van der Waals surface area contributed by atoms with Gasteiger partial charge in [0.15, 0.2) is 0 Å². The molecule has 1 N–H and O–H groups in total. The van der Waals surface area contributed by atoms with Crippen molar-refractivity contribution in [3.05, 3.63) is 41.8 Å². The van der Waals surface area contributed by atoms with E-state index in [2.05, 4.69) is 9.82 Å². The van der Waals surface area contributed by atoms with E-state index in [0.717, 1.165) is 24.6 Å². The van der Waals surface area contributed by atoms with Crippen LogP contribution in [-0.4, -0.2) is 18.2 Å². The predicted octanol–water partition coefficient (Wildman–Crippen LogP) is 2.24. The number of nitrogens with zero attached hydrogens (tertiary/aromatic N) is 2. The van der Waals surface area contributed by atoms with Crippen LogP contribution in [0.25, 0.3) is 0 Å². The Morgan fingerprint density at radius 2 is 2.05 bits per heavy atom. The molecule has 0 spiro atoms. The smallest absolute Gasteiger partial charge is 0.263 e. The first kappa shape index (κ1) is 13.1. The zero-order valence-electron chi connectivity index (χ0n) is 10.9. The molecule has 0 amide bonds. The van der Waals surface area contributed by atoms with Gasteiger partial charge in [0.25, 0.3) is 10.0 Å². The summed E-state index contributed by atoms with van der Waals surface area (Å²) in [6.45, 7) is 0. The molecule has 7 heteroatoms. The first-order valence-corrected chi connectivity index (χ1v) is 7.77. The third kappa shape index (κ3) is 2.40. The molecular weight excluding hydrogens is 281 g/mol. The highest BCUT2D eigenvalue weighted by Gasteiger charge is 2.28. The van der Waals surface area contributed by atoms with Crippen LogP contribution in [0.3, 0.4) is 0 Å². The minimum Gasteiger partial charge on any atom is -0.263 e. The number of anilines is 1. The number of nitrogens with one attached hydrogen (secondary N) is 1. The number of aromatic nitrogens is 2. The van der Waals surface area contributed by atoms with Crippen molar-refractivity contribution < 1.29 is 12.8 Å². The van der Waals surface area contributed by atoms with E-state index in [-0.39, 0.29) is 4.90 Å². The Bertz CT molecular complexity index is 751. The third-order valence-corrected chi connectivity index (χ3v) is 4.65. The molecule has 1 aromatic heterocycles. The number of halogens is 1. The summed E-state index contributed by atoms with van der Waals surface area (Å²) in [6.07, 6.45) is 2.16. The number of rotatable bonds is 4. The van der Waals surface area contributed by atoms with Crippen LogP contribution in [0.2, 0.25) is 0 Å². The highest BCUT2D eigenvalue weighted by atomic mass is 32.2. The van der Waals surface area contributed by atoms with Gasteiger partial charge >= 0.3 is 0 Å². The predicted molar refractivity (Wildman–Crippen MR) is 72.4 cm³/mol. The summed E-state index contributed by atoms with van der Waals surface area (Å²) in [5, 5.41) is 4.27. The van der Waals surface area contributed by atoms with Crippen LogP contribution in [0.15, 0.2) is 35.2 Å². The van der Waals surface area contributed by atoms with Crippen molar-refractivity contribution in [2.45, 2.75) is 23.7 Å². The van der Waals surface area contributed by atoms with E-state index in [9.17, 15) is 12.8 Å². The summed E-state index contributed by atoms with van der Waals surface area (Å²) in [5.74, 6) is -0.00680. The maximum atomic E-state index is 13.6. The molecule has 0 radical (unpaired) electrons. The fraction of sp³-hybridized carbons (Fsp3) is 0.308. The first-order chi connectivity index (χ1) is 9.47. The molecule has 106 valence electrons. The van der Waals surface area contributed by atoms with Crippen molar-refractivity contribution >= 4 is 15.8 Å². The van der Waals surface area contributed by atoms with Gasteiger partial charge in [-0.3, -0.25) is 9.40 Å². The molecule has 1 aliphatic rings. The van der Waals surface area contributed by atoms with Crippen molar-refractivity contribution in [3.63, 3.8) is 0 Å². The first-order valence-electron chi connectivity index (χ1n) is 6.28. The lowest BCUT2D eigenvalue weighted by molar-refractivity contribution is 0.570. The quantitative estimate of drug-likeness (QED) is 0.941. The van der Waals surface area contributed by atoms with Gasteiger partial charge in [0.1, 0.15) is 16.5 Å². The molecule has 0 aliphatic heterocycles. The Morgan fingerprint density at radius 3 is 2.70 bits per heavy atom. The van der Waals surface area contributed by atoms with Crippen molar-refractivity contribution in [3.8, 4) is 0 Å². The number of hydrogen-bond acceptors (Lipinski definition) is 3. The zero-order chi connectivity index (χ0) is 14.3. The highest BCUT2D eigenvalue weighted by molar-refractivity contribution is 7.92. The van der Waals surface area contributed by atoms with Gasteiger partial charge in [-0.25, -0.2) is 12.8 Å². The Labute approximate surface area is 116 Å². The van der Waals surface area contributed by atoms with Gasteiger partial charge in [-0.05, 0) is 25.0 Å². The lowest BCUT2D eigenvalue weighted by Gasteiger charge is -2.08. The van der Waals surface area contributed by atoms with Crippen molar-refractivity contribution in [2.24, 2.45) is 7.05 Å². The Morgan fingerprint density at radius 1 is 1.35 bits per heavy atom. The van der Waals surface area contributed by atoms with E-state index in [0.29, 0.717) is 11.7 Å². The molecule has 1 aliphatic carbocycles. The van der Waals surface area contributed by atoms with E-state index in [1.165, 1.54) is 22.9 Å². The molecule has 1 fully saturated rings. The second-order valence-corrected chi connectivity index (χ2v) is 6.54. The summed E-state index contributed by atoms with van der Waals surface area (Å²) < 4.78 is 41.8. The Kier molecular flexibility index (Phi) is 3.01. The molecule has 20 heavy (non-hydrogen) atoms. The number of hydrogen-bond donors (Lipinski definition) is 1. The fourth-order valence-electron chi connectivity index (χ4n) is 2.02. The molecule has 1 aromatic carbocycles. The number of aryl methyl sites for hydroxylation is 1. The molecule has 3 rings (SSSR count). The average Bonchev–Trinajstić information content (AvgIpc) is 3.16. The van der Waals surface area contributed by atoms with Crippen LogP contribution in [0, 0.1) is 5.82 Å². The summed E-state index contributed by atoms with van der Waals surface area (Å²) in [7, 11) is -2.29. The number of sulfonamides is 1. The zero-order valence-corrected chi connectivity index (χ0v) is 11.7. The van der Waals surface area contributed by atoms with Gasteiger partial charge in [-0.2, -0.15) is 5.10 Å².